The van der Waals surface area contributed by atoms with Gasteiger partial charge in [-0.25, -0.2) is 0 Å². The van der Waals surface area contributed by atoms with Gasteiger partial charge in [-0.1, -0.05) is 32.0 Å². The van der Waals surface area contributed by atoms with Crippen LogP contribution in [0.4, 0.5) is 5.69 Å². The smallest absolute Gasteiger partial charge is 0.222 e. The van der Waals surface area contributed by atoms with Crippen LogP contribution in [0.2, 0.25) is 0 Å². The van der Waals surface area contributed by atoms with Crippen molar-refractivity contribution in [1.82, 2.24) is 16.0 Å². The average Bonchev–Trinajstić information content (AvgIpc) is 2.66. The molecule has 27 heavy (non-hydrogen) atoms. The largest absolute Gasteiger partial charge is 0.369 e. The van der Waals surface area contributed by atoms with Crippen molar-refractivity contribution in [3.63, 3.8) is 0 Å². The van der Waals surface area contributed by atoms with Crippen LogP contribution in [0.1, 0.15) is 33.6 Å². The van der Waals surface area contributed by atoms with E-state index in [9.17, 15) is 4.79 Å². The Morgan fingerprint density at radius 2 is 2.00 bits per heavy atom. The second-order valence-corrected chi connectivity index (χ2v) is 6.97. The van der Waals surface area contributed by atoms with Crippen LogP contribution in [0.15, 0.2) is 35.3 Å². The third-order valence-corrected chi connectivity index (χ3v) is 4.43. The first-order valence-electron chi connectivity index (χ1n) is 9.72. The fourth-order valence-electron chi connectivity index (χ4n) is 3.03. The fourth-order valence-corrected chi connectivity index (χ4v) is 3.03. The molecule has 1 atom stereocenters. The zero-order valence-electron chi connectivity index (χ0n) is 16.7. The van der Waals surface area contributed by atoms with Gasteiger partial charge in [0.15, 0.2) is 5.96 Å². The zero-order chi connectivity index (χ0) is 18.8. The number of para-hydroxylation sites is 1. The zero-order valence-corrected chi connectivity index (χ0v) is 19.0. The van der Waals surface area contributed by atoms with Gasteiger partial charge in [0, 0.05) is 43.8 Å². The number of rotatable bonds is 7. The van der Waals surface area contributed by atoms with Gasteiger partial charge < -0.3 is 20.9 Å². The average molecular weight is 487 g/mol. The predicted octanol–water partition coefficient (Wildman–Crippen LogP) is 2.60. The predicted molar refractivity (Wildman–Crippen MR) is 124 cm³/mol. The summed E-state index contributed by atoms with van der Waals surface area (Å²) in [7, 11) is 0. The van der Waals surface area contributed by atoms with E-state index in [1.165, 1.54) is 5.69 Å². The van der Waals surface area contributed by atoms with Gasteiger partial charge in [0.25, 0.3) is 0 Å². The summed E-state index contributed by atoms with van der Waals surface area (Å²) in [5.41, 5.74) is 1.28. The maximum Gasteiger partial charge on any atom is 0.222 e. The van der Waals surface area contributed by atoms with Gasteiger partial charge in [-0.05, 0) is 31.9 Å². The Labute approximate surface area is 180 Å². The summed E-state index contributed by atoms with van der Waals surface area (Å²) in [6, 6.07) is 10.9. The highest BCUT2D eigenvalue weighted by molar-refractivity contribution is 14.0. The first kappa shape index (κ1) is 23.5. The standard InChI is InChI=1S/C20H33N5O.HI/c1-4-21-20(23-13-12-22-19(26)16(2)3)24-17-9-8-14-25(15-17)18-10-6-5-7-11-18;/h5-7,10-11,16-17H,4,8-9,12-15H2,1-3H3,(H,22,26)(H2,21,23,24);1H. The molecule has 1 aromatic carbocycles. The van der Waals surface area contributed by atoms with Crippen LogP contribution in [-0.4, -0.2) is 50.6 Å². The summed E-state index contributed by atoms with van der Waals surface area (Å²) in [5, 5.41) is 9.76. The topological polar surface area (TPSA) is 68.8 Å². The Balaban J connectivity index is 0.00000364. The maximum absolute atomic E-state index is 11.6. The summed E-state index contributed by atoms with van der Waals surface area (Å²) in [6.45, 7) is 9.87. The molecule has 0 radical (unpaired) electrons. The highest BCUT2D eigenvalue weighted by Crippen LogP contribution is 2.19. The number of guanidine groups is 1. The third kappa shape index (κ3) is 8.36. The Morgan fingerprint density at radius 1 is 1.26 bits per heavy atom. The molecular formula is C20H34IN5O. The Morgan fingerprint density at radius 3 is 2.67 bits per heavy atom. The highest BCUT2D eigenvalue weighted by Gasteiger charge is 2.20. The minimum absolute atomic E-state index is 0. The molecule has 1 heterocycles. The molecule has 0 saturated carbocycles. The van der Waals surface area contributed by atoms with Crippen LogP contribution in [0.3, 0.4) is 0 Å². The van der Waals surface area contributed by atoms with E-state index in [-0.39, 0.29) is 35.8 Å². The van der Waals surface area contributed by atoms with E-state index in [1.54, 1.807) is 0 Å². The number of nitrogens with zero attached hydrogens (tertiary/aromatic N) is 2. The van der Waals surface area contributed by atoms with Crippen LogP contribution < -0.4 is 20.9 Å². The number of anilines is 1. The lowest BCUT2D eigenvalue weighted by Gasteiger charge is -2.35. The summed E-state index contributed by atoms with van der Waals surface area (Å²) in [5.74, 6) is 0.909. The number of carbonyl (C=O) groups excluding carboxylic acids is 1. The monoisotopic (exact) mass is 487 g/mol. The summed E-state index contributed by atoms with van der Waals surface area (Å²) < 4.78 is 0. The summed E-state index contributed by atoms with van der Waals surface area (Å²) >= 11 is 0. The molecule has 152 valence electrons. The van der Waals surface area contributed by atoms with Crippen LogP contribution in [0, 0.1) is 5.92 Å². The van der Waals surface area contributed by atoms with E-state index in [0.717, 1.165) is 38.4 Å². The highest BCUT2D eigenvalue weighted by atomic mass is 127. The van der Waals surface area contributed by atoms with E-state index >= 15 is 0 Å². The number of hydrogen-bond donors (Lipinski definition) is 3. The van der Waals surface area contributed by atoms with Crippen LogP contribution in [0.25, 0.3) is 0 Å². The molecule has 1 aliphatic heterocycles. The number of nitrogens with one attached hydrogen (secondary N) is 3. The van der Waals surface area contributed by atoms with Crippen molar-refractivity contribution < 1.29 is 4.79 Å². The van der Waals surface area contributed by atoms with Crippen LogP contribution in [-0.2, 0) is 4.79 Å². The normalized spacial score (nSPS) is 17.3. The molecule has 1 unspecified atom stereocenters. The quantitative estimate of drug-likeness (QED) is 0.240. The lowest BCUT2D eigenvalue weighted by atomic mass is 10.1. The molecule has 7 heteroatoms. The van der Waals surface area contributed by atoms with E-state index in [1.807, 2.05) is 13.8 Å². The first-order chi connectivity index (χ1) is 12.6. The molecule has 1 amide bonds. The van der Waals surface area contributed by atoms with Gasteiger partial charge in [-0.2, -0.15) is 0 Å². The minimum Gasteiger partial charge on any atom is -0.369 e. The second-order valence-electron chi connectivity index (χ2n) is 6.97. The maximum atomic E-state index is 11.6. The lowest BCUT2D eigenvalue weighted by Crippen LogP contribution is -2.51. The molecule has 2 rings (SSSR count). The third-order valence-electron chi connectivity index (χ3n) is 4.43. The van der Waals surface area contributed by atoms with E-state index in [4.69, 9.17) is 0 Å². The van der Waals surface area contributed by atoms with Gasteiger partial charge >= 0.3 is 0 Å². The van der Waals surface area contributed by atoms with Gasteiger partial charge in [-0.3, -0.25) is 9.79 Å². The van der Waals surface area contributed by atoms with Crippen LogP contribution in [0.5, 0.6) is 0 Å². The molecule has 3 N–H and O–H groups in total. The minimum atomic E-state index is 0. The Kier molecular flexibility index (Phi) is 11.2. The van der Waals surface area contributed by atoms with Crippen molar-refractivity contribution in [2.24, 2.45) is 10.9 Å². The molecule has 1 saturated heterocycles. The van der Waals surface area contributed by atoms with E-state index in [2.05, 4.69) is 63.1 Å². The molecule has 1 aromatic rings. The summed E-state index contributed by atoms with van der Waals surface area (Å²) in [4.78, 5) is 18.6. The Bertz CT molecular complexity index is 579. The van der Waals surface area contributed by atoms with Crippen molar-refractivity contribution >= 4 is 41.5 Å². The van der Waals surface area contributed by atoms with E-state index in [0.29, 0.717) is 19.1 Å². The number of benzene rings is 1. The van der Waals surface area contributed by atoms with Crippen molar-refractivity contribution in [3.8, 4) is 0 Å². The molecular weight excluding hydrogens is 453 g/mol. The molecule has 0 aromatic heterocycles. The molecule has 1 aliphatic rings. The fraction of sp³-hybridized carbons (Fsp3) is 0.600. The Hall–Kier alpha value is -1.51. The molecule has 0 spiro atoms. The molecule has 0 aliphatic carbocycles. The van der Waals surface area contributed by atoms with Crippen molar-refractivity contribution in [2.75, 3.05) is 37.6 Å². The number of hydrogen-bond acceptors (Lipinski definition) is 3. The van der Waals surface area contributed by atoms with Crippen molar-refractivity contribution in [3.05, 3.63) is 30.3 Å². The number of piperidine rings is 1. The number of carbonyl (C=O) groups is 1. The molecule has 1 fully saturated rings. The van der Waals surface area contributed by atoms with Gasteiger partial charge in [0.1, 0.15) is 0 Å². The van der Waals surface area contributed by atoms with Gasteiger partial charge in [-0.15, -0.1) is 24.0 Å². The van der Waals surface area contributed by atoms with E-state index < -0.39 is 0 Å². The van der Waals surface area contributed by atoms with Crippen LogP contribution >= 0.6 is 24.0 Å². The van der Waals surface area contributed by atoms with Crippen molar-refractivity contribution in [2.45, 2.75) is 39.7 Å². The lowest BCUT2D eigenvalue weighted by molar-refractivity contribution is -0.123. The number of halogens is 1. The summed E-state index contributed by atoms with van der Waals surface area (Å²) in [6.07, 6.45) is 2.30. The SMILES string of the molecule is CCNC(=NCCNC(=O)C(C)C)NC1CCCN(c2ccccc2)C1.I. The number of aliphatic imine (C=N–C) groups is 1. The second kappa shape index (κ2) is 12.8. The van der Waals surface area contributed by atoms with Gasteiger partial charge in [0.2, 0.25) is 5.91 Å². The van der Waals surface area contributed by atoms with Crippen molar-refractivity contribution in [1.29, 1.82) is 0 Å². The van der Waals surface area contributed by atoms with Gasteiger partial charge in [0.05, 0.1) is 6.54 Å². The first-order valence-corrected chi connectivity index (χ1v) is 9.72. The molecule has 6 nitrogen and oxygen atoms in total. The number of amides is 1. The molecule has 0 bridgehead atoms.